The average Bonchev–Trinajstić information content (AvgIpc) is 2.80. The highest BCUT2D eigenvalue weighted by Crippen LogP contribution is 2.07. The van der Waals surface area contributed by atoms with Gasteiger partial charge in [-0.25, -0.2) is 0 Å². The van der Waals surface area contributed by atoms with Crippen molar-refractivity contribution in [2.45, 2.75) is 13.0 Å². The number of epoxide rings is 1. The minimum Gasteiger partial charge on any atom is -0.375 e. The van der Waals surface area contributed by atoms with Crippen molar-refractivity contribution in [3.05, 3.63) is 24.3 Å². The highest BCUT2D eigenvalue weighted by atomic mass is 16.6. The normalized spacial score (nSPS) is 23.5. The quantitative estimate of drug-likeness (QED) is 0.340. The monoisotopic (exact) mass is 154 g/mol. The molecule has 0 aromatic heterocycles. The highest BCUT2D eigenvalue weighted by Gasteiger charge is 2.21. The maximum Gasteiger partial charge on any atom is 0.104 e. The first kappa shape index (κ1) is 8.50. The van der Waals surface area contributed by atoms with E-state index in [0.29, 0.717) is 12.7 Å². The van der Waals surface area contributed by atoms with Crippen LogP contribution >= 0.6 is 0 Å². The molecule has 0 N–H and O–H groups in total. The predicted molar refractivity (Wildman–Crippen MR) is 44.5 cm³/mol. The fourth-order valence-electron chi connectivity index (χ4n) is 0.677. The Morgan fingerprint density at radius 3 is 3.00 bits per heavy atom. The Morgan fingerprint density at radius 2 is 2.36 bits per heavy atom. The van der Waals surface area contributed by atoms with Gasteiger partial charge in [-0.2, -0.15) is 0 Å². The van der Waals surface area contributed by atoms with E-state index in [0.717, 1.165) is 13.2 Å². The second-order valence-electron chi connectivity index (χ2n) is 2.45. The molecule has 0 radical (unpaired) electrons. The van der Waals surface area contributed by atoms with Crippen molar-refractivity contribution in [3.8, 4) is 0 Å². The lowest BCUT2D eigenvalue weighted by atomic mass is 10.4. The van der Waals surface area contributed by atoms with Gasteiger partial charge in [-0.3, -0.25) is 0 Å². The van der Waals surface area contributed by atoms with Gasteiger partial charge in [0.1, 0.15) is 6.10 Å². The fourth-order valence-corrected chi connectivity index (χ4v) is 0.677. The smallest absolute Gasteiger partial charge is 0.104 e. The van der Waals surface area contributed by atoms with E-state index in [-0.39, 0.29) is 0 Å². The molecule has 11 heavy (non-hydrogen) atoms. The van der Waals surface area contributed by atoms with E-state index in [2.05, 4.69) is 0 Å². The molecule has 1 atom stereocenters. The van der Waals surface area contributed by atoms with E-state index >= 15 is 0 Å². The number of rotatable bonds is 5. The lowest BCUT2D eigenvalue weighted by Gasteiger charge is -1.94. The third-order valence-corrected chi connectivity index (χ3v) is 1.36. The van der Waals surface area contributed by atoms with Gasteiger partial charge >= 0.3 is 0 Å². The zero-order valence-corrected chi connectivity index (χ0v) is 6.82. The van der Waals surface area contributed by atoms with Gasteiger partial charge in [0.05, 0.1) is 19.8 Å². The molecule has 0 aromatic carbocycles. The Kier molecular flexibility index (Phi) is 3.94. The van der Waals surface area contributed by atoms with E-state index in [1.807, 2.05) is 31.2 Å². The molecule has 0 bridgehead atoms. The van der Waals surface area contributed by atoms with E-state index in [1.54, 1.807) is 0 Å². The third-order valence-electron chi connectivity index (χ3n) is 1.36. The van der Waals surface area contributed by atoms with Crippen LogP contribution in [-0.4, -0.2) is 25.9 Å². The summed E-state index contributed by atoms with van der Waals surface area (Å²) in [5.74, 6) is 0. The summed E-state index contributed by atoms with van der Waals surface area (Å²) in [6.07, 6.45) is 8.32. The summed E-state index contributed by atoms with van der Waals surface area (Å²) in [7, 11) is 0. The fraction of sp³-hybridized carbons (Fsp3) is 0.556. The van der Waals surface area contributed by atoms with Gasteiger partial charge in [0.2, 0.25) is 0 Å². The SMILES string of the molecule is CC=CC=CCOCC1CO1. The van der Waals surface area contributed by atoms with E-state index in [4.69, 9.17) is 9.47 Å². The summed E-state index contributed by atoms with van der Waals surface area (Å²) >= 11 is 0. The summed E-state index contributed by atoms with van der Waals surface area (Å²) in [6.45, 7) is 4.28. The van der Waals surface area contributed by atoms with Crippen LogP contribution in [0.25, 0.3) is 0 Å². The molecule has 62 valence electrons. The molecule has 2 nitrogen and oxygen atoms in total. The van der Waals surface area contributed by atoms with Crippen molar-refractivity contribution in [3.63, 3.8) is 0 Å². The van der Waals surface area contributed by atoms with Gasteiger partial charge in [0, 0.05) is 0 Å². The summed E-state index contributed by atoms with van der Waals surface area (Å²) in [5, 5.41) is 0. The van der Waals surface area contributed by atoms with Crippen molar-refractivity contribution < 1.29 is 9.47 Å². The molecular formula is C9H14O2. The second kappa shape index (κ2) is 5.10. The van der Waals surface area contributed by atoms with Crippen LogP contribution in [0.5, 0.6) is 0 Å². The molecule has 1 heterocycles. The Bertz CT molecular complexity index is 146. The first-order valence-corrected chi connectivity index (χ1v) is 3.90. The van der Waals surface area contributed by atoms with Crippen LogP contribution in [0.15, 0.2) is 24.3 Å². The molecule has 0 aliphatic carbocycles. The Morgan fingerprint density at radius 1 is 1.55 bits per heavy atom. The molecule has 1 saturated heterocycles. The molecule has 0 saturated carbocycles. The Hall–Kier alpha value is -0.600. The van der Waals surface area contributed by atoms with Crippen molar-refractivity contribution in [1.29, 1.82) is 0 Å². The summed E-state index contributed by atoms with van der Waals surface area (Å²) in [5.41, 5.74) is 0. The number of allylic oxidation sites excluding steroid dienone is 3. The third kappa shape index (κ3) is 4.76. The van der Waals surface area contributed by atoms with Crippen LogP contribution < -0.4 is 0 Å². The second-order valence-corrected chi connectivity index (χ2v) is 2.45. The predicted octanol–water partition coefficient (Wildman–Crippen LogP) is 1.53. The first-order chi connectivity index (χ1) is 5.43. The molecule has 0 aromatic rings. The maximum atomic E-state index is 5.26. The standard InChI is InChI=1S/C9H14O2/c1-2-3-4-5-6-10-7-9-8-11-9/h2-5,9H,6-8H2,1H3. The van der Waals surface area contributed by atoms with Crippen molar-refractivity contribution in [1.82, 2.24) is 0 Å². The lowest BCUT2D eigenvalue weighted by Crippen LogP contribution is -2.00. The molecule has 1 rings (SSSR count). The van der Waals surface area contributed by atoms with Crippen LogP contribution in [0.3, 0.4) is 0 Å². The van der Waals surface area contributed by atoms with Crippen LogP contribution in [0.2, 0.25) is 0 Å². The van der Waals surface area contributed by atoms with Crippen LogP contribution in [0.1, 0.15) is 6.92 Å². The molecule has 2 heteroatoms. The van der Waals surface area contributed by atoms with Gasteiger partial charge < -0.3 is 9.47 Å². The molecule has 1 fully saturated rings. The van der Waals surface area contributed by atoms with Gasteiger partial charge in [-0.05, 0) is 6.92 Å². The maximum absolute atomic E-state index is 5.26. The summed E-state index contributed by atoms with van der Waals surface area (Å²) in [4.78, 5) is 0. The van der Waals surface area contributed by atoms with Crippen molar-refractivity contribution in [2.75, 3.05) is 19.8 Å². The first-order valence-electron chi connectivity index (χ1n) is 3.90. The van der Waals surface area contributed by atoms with Crippen molar-refractivity contribution in [2.24, 2.45) is 0 Å². The molecule has 1 aliphatic rings. The van der Waals surface area contributed by atoms with Crippen molar-refractivity contribution >= 4 is 0 Å². The van der Waals surface area contributed by atoms with E-state index in [9.17, 15) is 0 Å². The topological polar surface area (TPSA) is 21.8 Å². The summed E-state index contributed by atoms with van der Waals surface area (Å²) in [6, 6.07) is 0. The zero-order valence-electron chi connectivity index (χ0n) is 6.82. The van der Waals surface area contributed by atoms with Crippen LogP contribution in [0.4, 0.5) is 0 Å². The Labute approximate surface area is 67.5 Å². The molecular weight excluding hydrogens is 140 g/mol. The number of hydrogen-bond donors (Lipinski definition) is 0. The molecule has 0 spiro atoms. The zero-order chi connectivity index (χ0) is 7.94. The average molecular weight is 154 g/mol. The Balaban J connectivity index is 1.86. The van der Waals surface area contributed by atoms with Gasteiger partial charge in [0.15, 0.2) is 0 Å². The number of ether oxygens (including phenoxy) is 2. The largest absolute Gasteiger partial charge is 0.375 e. The van der Waals surface area contributed by atoms with Crippen LogP contribution in [0, 0.1) is 0 Å². The molecule has 0 amide bonds. The van der Waals surface area contributed by atoms with Gasteiger partial charge in [0.25, 0.3) is 0 Å². The highest BCUT2D eigenvalue weighted by molar-refractivity contribution is 5.00. The minimum absolute atomic E-state index is 0.380. The minimum atomic E-state index is 0.380. The molecule has 1 aliphatic heterocycles. The summed E-state index contributed by atoms with van der Waals surface area (Å²) < 4.78 is 10.2. The van der Waals surface area contributed by atoms with E-state index in [1.165, 1.54) is 0 Å². The van der Waals surface area contributed by atoms with Crippen LogP contribution in [-0.2, 0) is 9.47 Å². The molecule has 1 unspecified atom stereocenters. The lowest BCUT2D eigenvalue weighted by molar-refractivity contribution is 0.141. The van der Waals surface area contributed by atoms with Gasteiger partial charge in [-0.15, -0.1) is 0 Å². The van der Waals surface area contributed by atoms with E-state index < -0.39 is 0 Å². The van der Waals surface area contributed by atoms with Gasteiger partial charge in [-0.1, -0.05) is 24.3 Å². The number of hydrogen-bond acceptors (Lipinski definition) is 2.